The average Bonchev–Trinajstić information content (AvgIpc) is 3.35. The van der Waals surface area contributed by atoms with E-state index in [4.69, 9.17) is 4.74 Å². The molecule has 0 aliphatic heterocycles. The highest BCUT2D eigenvalue weighted by atomic mass is 19.2. The Morgan fingerprint density at radius 1 is 0.377 bits per heavy atom. The Morgan fingerprint density at radius 2 is 0.710 bits per heavy atom. The summed E-state index contributed by atoms with van der Waals surface area (Å²) in [5, 5.41) is 2.36. The summed E-state index contributed by atoms with van der Waals surface area (Å²) in [6.45, 7) is 0.742. The quantitative estimate of drug-likeness (QED) is 0.0499. The van der Waals surface area contributed by atoms with Crippen molar-refractivity contribution in [1.29, 1.82) is 0 Å². The molecule has 0 saturated carbocycles. The van der Waals surface area contributed by atoms with Gasteiger partial charge in [0.1, 0.15) is 64.6 Å². The molecule has 0 radical (unpaired) electrons. The third kappa shape index (κ3) is 8.09. The number of rotatable bonds is 8. The number of fused-ring (bicyclic) bond motifs is 1. The van der Waals surface area contributed by atoms with Crippen LogP contribution in [0.25, 0.3) is 10.8 Å². The van der Waals surface area contributed by atoms with Crippen molar-refractivity contribution in [3.05, 3.63) is 213 Å². The van der Waals surface area contributed by atoms with Crippen molar-refractivity contribution in [1.82, 2.24) is 4.98 Å². The van der Waals surface area contributed by atoms with Gasteiger partial charge in [0.05, 0.1) is 6.20 Å². The molecule has 0 unspecified atom stereocenters. The largest absolute Gasteiger partial charge is 0.404 e. The minimum atomic E-state index is -7.22. The van der Waals surface area contributed by atoms with E-state index in [0.29, 0.717) is 0 Å². The Kier molecular flexibility index (Phi) is 13.4. The second-order valence-electron chi connectivity index (χ2n) is 14.4. The maximum atomic E-state index is 15.4. The zero-order chi connectivity index (χ0) is 50.5. The van der Waals surface area contributed by atoms with E-state index in [1.807, 2.05) is 42.6 Å². The number of hydrogen-bond acceptors (Lipinski definition) is 2. The highest BCUT2D eigenvalue weighted by Crippen LogP contribution is 2.31. The van der Waals surface area contributed by atoms with E-state index in [0.717, 1.165) is 23.6 Å². The Hall–Kier alpha value is -7.66. The smallest absolute Gasteiger partial charge is 0.392 e. The van der Waals surface area contributed by atoms with Gasteiger partial charge in [0.2, 0.25) is 0 Å². The molecule has 0 fully saturated rings. The van der Waals surface area contributed by atoms with Gasteiger partial charge >= 0.3 is 5.88 Å². The van der Waals surface area contributed by atoms with Gasteiger partial charge in [-0.05, 0) is 22.9 Å². The molecule has 0 amide bonds. The van der Waals surface area contributed by atoms with Crippen LogP contribution in [0, 0.1) is 116 Å². The summed E-state index contributed by atoms with van der Waals surface area (Å²) < 4.78 is 302. The van der Waals surface area contributed by atoms with E-state index in [9.17, 15) is 52.7 Å². The number of halogens is 20. The summed E-state index contributed by atoms with van der Waals surface area (Å²) in [6.07, 6.45) is -1.76. The van der Waals surface area contributed by atoms with Crippen LogP contribution in [0.4, 0.5) is 87.8 Å². The van der Waals surface area contributed by atoms with Crippen LogP contribution in [0.15, 0.2) is 91.4 Å². The van der Waals surface area contributed by atoms with E-state index >= 15 is 35.1 Å². The number of aromatic nitrogens is 2. The van der Waals surface area contributed by atoms with Crippen molar-refractivity contribution in [3.8, 4) is 11.6 Å². The first-order chi connectivity index (χ1) is 32.6. The lowest BCUT2D eigenvalue weighted by molar-refractivity contribution is -0.692. The Bertz CT molecular complexity index is 2980. The minimum Gasteiger partial charge on any atom is -0.404 e. The standard InChI is InChI=1S/C24BF20.C21H17N2O/c26-5-1(6(27)14(35)21(42)13(5)34)25(2-7(28)15(36)22(43)16(37)8(2)29,3-9(30)17(38)23(44)18(39)10(3)31)4-11(32)19(40)24(45)20(41)12(4)33;1-2-6-17(7-3-1)16-23-13-12-22-15-21(23)24-20-11-10-18-8-4-5-9-19(18)14-20/h;1-15H,16H2/q-1;+1. The fraction of sp³-hybridized carbons (Fsp3) is 0.0222. The van der Waals surface area contributed by atoms with Gasteiger partial charge in [-0.3, -0.25) is 0 Å². The van der Waals surface area contributed by atoms with Gasteiger partial charge in [0, 0.05) is 5.56 Å². The monoisotopic (exact) mass is 992 g/mol. The Balaban J connectivity index is 0.000000244. The second-order valence-corrected chi connectivity index (χ2v) is 14.4. The van der Waals surface area contributed by atoms with Gasteiger partial charge in [-0.2, -0.15) is 4.57 Å². The van der Waals surface area contributed by atoms with Crippen molar-refractivity contribution in [2.45, 2.75) is 6.54 Å². The molecule has 0 bridgehead atoms. The molecule has 69 heavy (non-hydrogen) atoms. The lowest BCUT2D eigenvalue weighted by atomic mass is 9.12. The van der Waals surface area contributed by atoms with Crippen LogP contribution < -0.4 is 31.2 Å². The van der Waals surface area contributed by atoms with Crippen molar-refractivity contribution >= 4 is 38.8 Å². The minimum absolute atomic E-state index is 0.719. The van der Waals surface area contributed by atoms with Gasteiger partial charge in [0.25, 0.3) is 0 Å². The normalized spacial score (nSPS) is 11.5. The maximum Gasteiger partial charge on any atom is 0.392 e. The van der Waals surface area contributed by atoms with Crippen LogP contribution in [0.1, 0.15) is 5.56 Å². The summed E-state index contributed by atoms with van der Waals surface area (Å²) in [5.41, 5.74) is -13.1. The maximum absolute atomic E-state index is 15.4. The third-order valence-corrected chi connectivity index (χ3v) is 10.6. The van der Waals surface area contributed by atoms with Crippen molar-refractivity contribution in [2.24, 2.45) is 0 Å². The van der Waals surface area contributed by atoms with E-state index in [-0.39, 0.29) is 0 Å². The predicted octanol–water partition coefficient (Wildman–Crippen LogP) is 10.2. The molecule has 7 aromatic carbocycles. The first-order valence-corrected chi connectivity index (χ1v) is 18.9. The molecular weight excluding hydrogens is 975 g/mol. The molecule has 24 heteroatoms. The summed E-state index contributed by atoms with van der Waals surface area (Å²) in [5.74, 6) is -69.9. The van der Waals surface area contributed by atoms with Gasteiger partial charge in [-0.25, -0.2) is 92.8 Å². The number of nitrogens with zero attached hydrogens (tertiary/aromatic N) is 2. The van der Waals surface area contributed by atoms with E-state index in [2.05, 4.69) is 45.9 Å². The number of benzene rings is 7. The first-order valence-electron chi connectivity index (χ1n) is 18.9. The van der Waals surface area contributed by atoms with Crippen LogP contribution >= 0.6 is 0 Å². The van der Waals surface area contributed by atoms with Crippen molar-refractivity contribution in [3.63, 3.8) is 0 Å². The van der Waals surface area contributed by atoms with Crippen LogP contribution in [0.2, 0.25) is 0 Å². The lowest BCUT2D eigenvalue weighted by Crippen LogP contribution is -2.81. The molecule has 356 valence electrons. The summed E-state index contributed by atoms with van der Waals surface area (Å²) in [7, 11) is 0. The SMILES string of the molecule is Fc1c(F)c(F)c([B-](c2c(F)c(F)c(F)c(F)c2F)(c2c(F)c(F)c(F)c(F)c2F)c2c(F)c(F)c(F)c(F)c2F)c(F)c1F.c1ccc(C[n+]2ccncc2Oc2ccc3ccccc3c2)cc1. The molecule has 0 aliphatic carbocycles. The van der Waals surface area contributed by atoms with E-state index < -0.39 is 144 Å². The van der Waals surface area contributed by atoms with Crippen LogP contribution in [0.3, 0.4) is 0 Å². The highest BCUT2D eigenvalue weighted by molar-refractivity contribution is 7.20. The number of ether oxygens (including phenoxy) is 1. The van der Waals surface area contributed by atoms with E-state index in [1.54, 1.807) is 12.4 Å². The van der Waals surface area contributed by atoms with Crippen LogP contribution in [-0.2, 0) is 6.54 Å². The fourth-order valence-corrected chi connectivity index (χ4v) is 7.59. The highest BCUT2D eigenvalue weighted by Gasteiger charge is 2.52. The van der Waals surface area contributed by atoms with Gasteiger partial charge in [-0.15, -0.1) is 21.9 Å². The molecule has 0 spiro atoms. The van der Waals surface area contributed by atoms with Gasteiger partial charge in [-0.1, -0.05) is 60.7 Å². The van der Waals surface area contributed by atoms with Crippen LogP contribution in [0.5, 0.6) is 11.6 Å². The van der Waals surface area contributed by atoms with Gasteiger partial charge in [0.15, 0.2) is 82.5 Å². The molecule has 3 nitrogen and oxygen atoms in total. The van der Waals surface area contributed by atoms with Crippen LogP contribution in [-0.4, -0.2) is 11.1 Å². The first kappa shape index (κ1) is 49.3. The Morgan fingerprint density at radius 3 is 1.09 bits per heavy atom. The Labute approximate surface area is 372 Å². The molecule has 0 saturated heterocycles. The fourth-order valence-electron chi connectivity index (χ4n) is 7.59. The zero-order valence-corrected chi connectivity index (χ0v) is 33.3. The third-order valence-electron chi connectivity index (χ3n) is 10.6. The zero-order valence-electron chi connectivity index (χ0n) is 33.3. The molecule has 8 rings (SSSR count). The second kappa shape index (κ2) is 18.8. The predicted molar refractivity (Wildman–Crippen MR) is 203 cm³/mol. The topological polar surface area (TPSA) is 26.0 Å². The molecule has 8 aromatic rings. The number of hydrogen-bond donors (Lipinski definition) is 0. The molecular formula is C45H17BF20N2O. The average molecular weight is 992 g/mol. The summed E-state index contributed by atoms with van der Waals surface area (Å²) >= 11 is 0. The molecule has 0 N–H and O–H groups in total. The molecule has 1 heterocycles. The molecule has 1 aromatic heterocycles. The van der Waals surface area contributed by atoms with E-state index in [1.165, 1.54) is 10.9 Å². The summed E-state index contributed by atoms with van der Waals surface area (Å²) in [6, 6.07) is 24.7. The molecule has 0 aliphatic rings. The van der Waals surface area contributed by atoms with Gasteiger partial charge < -0.3 is 4.74 Å². The molecule has 0 atom stereocenters. The van der Waals surface area contributed by atoms with Crippen molar-refractivity contribution < 1.29 is 97.1 Å². The van der Waals surface area contributed by atoms with Crippen molar-refractivity contribution in [2.75, 3.05) is 0 Å². The summed E-state index contributed by atoms with van der Waals surface area (Å²) in [4.78, 5) is 4.20. The lowest BCUT2D eigenvalue weighted by Gasteiger charge is -2.44.